The Labute approximate surface area is 146 Å². The van der Waals surface area contributed by atoms with E-state index in [2.05, 4.69) is 31.0 Å². The van der Waals surface area contributed by atoms with E-state index >= 15 is 0 Å². The second-order valence-corrected chi connectivity index (χ2v) is 6.76. The summed E-state index contributed by atoms with van der Waals surface area (Å²) in [5.74, 6) is -0.323. The van der Waals surface area contributed by atoms with Crippen LogP contribution in [0.25, 0.3) is 22.2 Å². The molecule has 0 unspecified atom stereocenters. The summed E-state index contributed by atoms with van der Waals surface area (Å²) in [7, 11) is 0. The monoisotopic (exact) mass is 344 g/mol. The fourth-order valence-electron chi connectivity index (χ4n) is 3.42. The molecule has 24 heavy (non-hydrogen) atoms. The van der Waals surface area contributed by atoms with Crippen LogP contribution in [0.2, 0.25) is 5.02 Å². The molecule has 0 saturated carbocycles. The molecule has 1 heterocycles. The highest BCUT2D eigenvalue weighted by Gasteiger charge is 2.17. The number of rotatable bonds is 5. The Balaban J connectivity index is 2.21. The molecule has 3 rings (SSSR count). The highest BCUT2D eigenvalue weighted by atomic mass is 35.5. The molecule has 126 valence electrons. The summed E-state index contributed by atoms with van der Waals surface area (Å²) < 4.78 is 13.4. The molecule has 0 saturated heterocycles. The molecular weight excluding hydrogens is 323 g/mol. The molecule has 3 aromatic rings. The number of benzene rings is 2. The van der Waals surface area contributed by atoms with Crippen LogP contribution in [0, 0.1) is 19.7 Å². The van der Waals surface area contributed by atoms with Crippen molar-refractivity contribution in [3.05, 3.63) is 57.9 Å². The zero-order valence-electron chi connectivity index (χ0n) is 14.0. The van der Waals surface area contributed by atoms with Crippen LogP contribution in [0.4, 0.5) is 4.39 Å². The SMILES string of the molecule is Cc1cc(C)c2c(CCCCN)c(-c3ccc(F)cc3Cl)[nH]c2c1. The molecular formula is C20H22ClFN2. The second-order valence-electron chi connectivity index (χ2n) is 6.35. The fraction of sp³-hybridized carbons (Fsp3) is 0.300. The van der Waals surface area contributed by atoms with E-state index in [1.807, 2.05) is 0 Å². The third-order valence-electron chi connectivity index (χ3n) is 4.42. The van der Waals surface area contributed by atoms with Crippen molar-refractivity contribution in [3.63, 3.8) is 0 Å². The molecule has 2 nitrogen and oxygen atoms in total. The Morgan fingerprint density at radius 3 is 2.62 bits per heavy atom. The first-order valence-corrected chi connectivity index (χ1v) is 8.66. The van der Waals surface area contributed by atoms with Crippen LogP contribution in [-0.2, 0) is 6.42 Å². The van der Waals surface area contributed by atoms with E-state index in [9.17, 15) is 4.39 Å². The van der Waals surface area contributed by atoms with Crippen molar-refractivity contribution < 1.29 is 4.39 Å². The minimum atomic E-state index is -0.323. The van der Waals surface area contributed by atoms with Gasteiger partial charge in [-0.05, 0) is 80.6 Å². The van der Waals surface area contributed by atoms with Gasteiger partial charge in [-0.1, -0.05) is 17.7 Å². The van der Waals surface area contributed by atoms with Gasteiger partial charge in [0.05, 0.1) is 10.7 Å². The van der Waals surface area contributed by atoms with Crippen molar-refractivity contribution in [2.24, 2.45) is 5.73 Å². The Kier molecular flexibility index (Phi) is 4.93. The maximum atomic E-state index is 13.4. The number of hydrogen-bond acceptors (Lipinski definition) is 1. The van der Waals surface area contributed by atoms with Crippen molar-refractivity contribution in [1.29, 1.82) is 0 Å². The number of fused-ring (bicyclic) bond motifs is 1. The Morgan fingerprint density at radius 1 is 1.12 bits per heavy atom. The molecule has 0 aliphatic heterocycles. The van der Waals surface area contributed by atoms with Crippen LogP contribution < -0.4 is 5.73 Å². The van der Waals surface area contributed by atoms with E-state index in [4.69, 9.17) is 17.3 Å². The first-order valence-electron chi connectivity index (χ1n) is 8.28. The predicted octanol–water partition coefficient (Wildman–Crippen LogP) is 5.53. The maximum Gasteiger partial charge on any atom is 0.124 e. The van der Waals surface area contributed by atoms with Gasteiger partial charge in [-0.3, -0.25) is 0 Å². The number of aromatic nitrogens is 1. The summed E-state index contributed by atoms with van der Waals surface area (Å²) in [6, 6.07) is 8.91. The van der Waals surface area contributed by atoms with Gasteiger partial charge in [0, 0.05) is 16.5 Å². The standard InChI is InChI=1S/C20H22ClFN2/c1-12-9-13(2)19-16(5-3-4-8-23)20(24-18(19)10-12)15-7-6-14(22)11-17(15)21/h6-7,9-11,24H,3-5,8,23H2,1-2H3. The van der Waals surface area contributed by atoms with Gasteiger partial charge in [-0.2, -0.15) is 0 Å². The third kappa shape index (κ3) is 3.19. The number of nitrogens with two attached hydrogens (primary N) is 1. The number of halogens is 2. The van der Waals surface area contributed by atoms with Gasteiger partial charge in [-0.15, -0.1) is 0 Å². The molecule has 0 radical (unpaired) electrons. The van der Waals surface area contributed by atoms with E-state index in [0.717, 1.165) is 36.0 Å². The number of aromatic amines is 1. The lowest BCUT2D eigenvalue weighted by Gasteiger charge is -2.08. The highest BCUT2D eigenvalue weighted by molar-refractivity contribution is 6.33. The molecule has 2 aromatic carbocycles. The van der Waals surface area contributed by atoms with Crippen molar-refractivity contribution in [2.45, 2.75) is 33.1 Å². The summed E-state index contributed by atoms with van der Waals surface area (Å²) >= 11 is 6.32. The van der Waals surface area contributed by atoms with Crippen molar-refractivity contribution in [3.8, 4) is 11.3 Å². The Bertz CT molecular complexity index is 883. The molecule has 1 aromatic heterocycles. The normalized spacial score (nSPS) is 11.4. The smallest absolute Gasteiger partial charge is 0.124 e. The molecule has 3 N–H and O–H groups in total. The Hall–Kier alpha value is -1.84. The first kappa shape index (κ1) is 17.0. The van der Waals surface area contributed by atoms with Crippen LogP contribution in [0.15, 0.2) is 30.3 Å². The zero-order valence-corrected chi connectivity index (χ0v) is 14.8. The lowest BCUT2D eigenvalue weighted by atomic mass is 9.97. The number of nitrogens with one attached hydrogen (secondary N) is 1. The highest BCUT2D eigenvalue weighted by Crippen LogP contribution is 2.37. The average molecular weight is 345 g/mol. The number of unbranched alkanes of at least 4 members (excludes halogenated alkanes) is 1. The van der Waals surface area contributed by atoms with Gasteiger partial charge >= 0.3 is 0 Å². The molecule has 0 spiro atoms. The molecule has 0 aliphatic rings. The van der Waals surface area contributed by atoms with Crippen LogP contribution in [-0.4, -0.2) is 11.5 Å². The van der Waals surface area contributed by atoms with Crippen LogP contribution in [0.5, 0.6) is 0 Å². The van der Waals surface area contributed by atoms with E-state index in [-0.39, 0.29) is 5.82 Å². The third-order valence-corrected chi connectivity index (χ3v) is 4.74. The van der Waals surface area contributed by atoms with Crippen molar-refractivity contribution in [1.82, 2.24) is 4.98 Å². The predicted molar refractivity (Wildman–Crippen MR) is 100 cm³/mol. The van der Waals surface area contributed by atoms with Gasteiger partial charge in [-0.25, -0.2) is 4.39 Å². The molecule has 0 bridgehead atoms. The molecule has 0 atom stereocenters. The minimum absolute atomic E-state index is 0.323. The average Bonchev–Trinajstić information content (AvgIpc) is 2.86. The van der Waals surface area contributed by atoms with E-state index in [1.165, 1.54) is 34.2 Å². The fourth-order valence-corrected chi connectivity index (χ4v) is 3.68. The number of hydrogen-bond donors (Lipinski definition) is 2. The number of aryl methyl sites for hydroxylation is 3. The maximum absolute atomic E-state index is 13.4. The van der Waals surface area contributed by atoms with Gasteiger partial charge in [0.2, 0.25) is 0 Å². The van der Waals surface area contributed by atoms with Crippen molar-refractivity contribution >= 4 is 22.5 Å². The largest absolute Gasteiger partial charge is 0.354 e. The van der Waals surface area contributed by atoms with E-state index in [1.54, 1.807) is 6.07 Å². The lowest BCUT2D eigenvalue weighted by Crippen LogP contribution is -1.99. The molecule has 0 amide bonds. The van der Waals surface area contributed by atoms with Gasteiger partial charge < -0.3 is 10.7 Å². The van der Waals surface area contributed by atoms with E-state index in [0.29, 0.717) is 11.6 Å². The molecule has 0 fully saturated rings. The van der Waals surface area contributed by atoms with Crippen LogP contribution in [0.1, 0.15) is 29.5 Å². The number of H-pyrrole nitrogens is 1. The summed E-state index contributed by atoms with van der Waals surface area (Å²) in [5, 5.41) is 1.67. The van der Waals surface area contributed by atoms with Gasteiger partial charge in [0.1, 0.15) is 5.82 Å². The second kappa shape index (κ2) is 6.96. The van der Waals surface area contributed by atoms with Crippen molar-refractivity contribution in [2.75, 3.05) is 6.54 Å². The summed E-state index contributed by atoms with van der Waals surface area (Å²) in [4.78, 5) is 3.51. The minimum Gasteiger partial charge on any atom is -0.354 e. The first-order chi connectivity index (χ1) is 11.5. The quantitative estimate of drug-likeness (QED) is 0.587. The van der Waals surface area contributed by atoms with E-state index < -0.39 is 0 Å². The topological polar surface area (TPSA) is 41.8 Å². The summed E-state index contributed by atoms with van der Waals surface area (Å²) in [6.07, 6.45) is 2.92. The zero-order chi connectivity index (χ0) is 17.3. The Morgan fingerprint density at radius 2 is 1.92 bits per heavy atom. The summed E-state index contributed by atoms with van der Waals surface area (Å²) in [5.41, 5.74) is 12.3. The summed E-state index contributed by atoms with van der Waals surface area (Å²) in [6.45, 7) is 4.91. The molecule has 4 heteroatoms. The van der Waals surface area contributed by atoms with Crippen LogP contribution >= 0.6 is 11.6 Å². The van der Waals surface area contributed by atoms with Gasteiger partial charge in [0.25, 0.3) is 0 Å². The molecule has 0 aliphatic carbocycles. The van der Waals surface area contributed by atoms with Crippen LogP contribution in [0.3, 0.4) is 0 Å². The van der Waals surface area contributed by atoms with Gasteiger partial charge in [0.15, 0.2) is 0 Å². The lowest BCUT2D eigenvalue weighted by molar-refractivity contribution is 0.628.